The smallest absolute Gasteiger partial charge is 0.311 e. The van der Waals surface area contributed by atoms with Crippen molar-refractivity contribution in [3.05, 3.63) is 11.1 Å². The monoisotopic (exact) mass is 310 g/mol. The van der Waals surface area contributed by atoms with Crippen molar-refractivity contribution in [1.29, 1.82) is 0 Å². The normalized spacial score (nSPS) is 15.6. The Balaban J connectivity index is 2.06. The van der Waals surface area contributed by atoms with Crippen molar-refractivity contribution in [3.8, 4) is 0 Å². The van der Waals surface area contributed by atoms with Gasteiger partial charge in [-0.1, -0.05) is 26.7 Å². The number of nitrogens with zero attached hydrogens (tertiary/aromatic N) is 2. The molecule has 0 unspecified atom stereocenters. The highest BCUT2D eigenvalue weighted by molar-refractivity contribution is 7.13. The molecule has 0 radical (unpaired) electrons. The fourth-order valence-electron chi connectivity index (χ4n) is 2.78. The van der Waals surface area contributed by atoms with Crippen molar-refractivity contribution < 1.29 is 9.53 Å². The predicted molar refractivity (Wildman–Crippen MR) is 86.9 cm³/mol. The summed E-state index contributed by atoms with van der Waals surface area (Å²) in [6.45, 7) is 5.59. The van der Waals surface area contributed by atoms with Crippen LogP contribution in [0.15, 0.2) is 5.38 Å². The maximum absolute atomic E-state index is 11.4. The second-order valence-electron chi connectivity index (χ2n) is 6.19. The molecule has 0 spiro atoms. The molecule has 0 amide bonds. The molecule has 0 aliphatic heterocycles. The van der Waals surface area contributed by atoms with Crippen molar-refractivity contribution in [2.24, 2.45) is 5.92 Å². The first-order valence-corrected chi connectivity index (χ1v) is 8.76. The lowest BCUT2D eigenvalue weighted by Crippen LogP contribution is -2.34. The van der Waals surface area contributed by atoms with Crippen LogP contribution < -0.4 is 4.90 Å². The van der Waals surface area contributed by atoms with E-state index in [0.29, 0.717) is 12.0 Å². The highest BCUT2D eigenvalue weighted by Gasteiger charge is 2.25. The van der Waals surface area contributed by atoms with E-state index in [2.05, 4.69) is 23.7 Å². The summed E-state index contributed by atoms with van der Waals surface area (Å²) in [7, 11) is 1.42. The molecule has 1 fully saturated rings. The minimum absolute atomic E-state index is 0.221. The van der Waals surface area contributed by atoms with Crippen LogP contribution in [0.4, 0.5) is 5.13 Å². The molecule has 1 aliphatic rings. The molecule has 1 aliphatic carbocycles. The van der Waals surface area contributed by atoms with Gasteiger partial charge in [-0.25, -0.2) is 4.98 Å². The van der Waals surface area contributed by atoms with E-state index in [1.807, 2.05) is 5.38 Å². The van der Waals surface area contributed by atoms with Crippen LogP contribution in [0.5, 0.6) is 0 Å². The zero-order valence-corrected chi connectivity index (χ0v) is 14.1. The third kappa shape index (κ3) is 4.70. The standard InChI is InChI=1S/C16H26N2O2S/c1-12(2)8-9-18(14-6-4-5-7-14)16-17-13(11-21-16)10-15(19)20-3/h11-12,14H,4-10H2,1-3H3. The molecule has 1 heterocycles. The molecular weight excluding hydrogens is 284 g/mol. The molecule has 2 rings (SSSR count). The van der Waals surface area contributed by atoms with Gasteiger partial charge in [-0.2, -0.15) is 0 Å². The summed E-state index contributed by atoms with van der Waals surface area (Å²) in [4.78, 5) is 18.5. The van der Waals surface area contributed by atoms with Crippen LogP contribution in [0, 0.1) is 5.92 Å². The number of rotatable bonds is 7. The predicted octanol–water partition coefficient (Wildman–Crippen LogP) is 3.65. The number of aromatic nitrogens is 1. The van der Waals surface area contributed by atoms with Crippen molar-refractivity contribution in [2.75, 3.05) is 18.6 Å². The topological polar surface area (TPSA) is 42.4 Å². The number of carbonyl (C=O) groups is 1. The van der Waals surface area contributed by atoms with Crippen LogP contribution in [0.25, 0.3) is 0 Å². The highest BCUT2D eigenvalue weighted by atomic mass is 32.1. The summed E-state index contributed by atoms with van der Waals surface area (Å²) in [6.07, 6.45) is 6.64. The molecule has 0 bridgehead atoms. The number of anilines is 1. The molecule has 118 valence electrons. The van der Waals surface area contributed by atoms with Crippen molar-refractivity contribution >= 4 is 22.4 Å². The molecule has 0 atom stereocenters. The number of thiazole rings is 1. The Kier molecular flexibility index (Phi) is 6.03. The summed E-state index contributed by atoms with van der Waals surface area (Å²) >= 11 is 1.66. The van der Waals surface area contributed by atoms with Gasteiger partial charge >= 0.3 is 5.97 Å². The first-order chi connectivity index (χ1) is 10.1. The molecular formula is C16H26N2O2S. The molecule has 1 aromatic heterocycles. The average Bonchev–Trinajstić information content (AvgIpc) is 3.11. The van der Waals surface area contributed by atoms with Gasteiger partial charge in [0.05, 0.1) is 19.2 Å². The molecule has 4 nitrogen and oxygen atoms in total. The number of carbonyl (C=O) groups excluding carboxylic acids is 1. The summed E-state index contributed by atoms with van der Waals surface area (Å²) in [5.74, 6) is 0.477. The van der Waals surface area contributed by atoms with Gasteiger partial charge in [-0.3, -0.25) is 4.79 Å². The molecule has 0 N–H and O–H groups in total. The maximum atomic E-state index is 11.4. The van der Waals surface area contributed by atoms with Crippen LogP contribution >= 0.6 is 11.3 Å². The second-order valence-corrected chi connectivity index (χ2v) is 7.03. The zero-order chi connectivity index (χ0) is 15.2. The Labute approximate surface area is 131 Å². The summed E-state index contributed by atoms with van der Waals surface area (Å²) in [5.41, 5.74) is 0.828. The van der Waals surface area contributed by atoms with E-state index in [1.54, 1.807) is 11.3 Å². The lowest BCUT2D eigenvalue weighted by Gasteiger charge is -2.29. The SMILES string of the molecule is COC(=O)Cc1csc(N(CCC(C)C)C2CCCC2)n1. The van der Waals surface area contributed by atoms with Crippen LogP contribution in [0.3, 0.4) is 0 Å². The van der Waals surface area contributed by atoms with Crippen LogP contribution in [0.1, 0.15) is 51.6 Å². The number of methoxy groups -OCH3 is 1. The van der Waals surface area contributed by atoms with E-state index in [9.17, 15) is 4.79 Å². The van der Waals surface area contributed by atoms with Crippen LogP contribution in [0.2, 0.25) is 0 Å². The quantitative estimate of drug-likeness (QED) is 0.721. The van der Waals surface area contributed by atoms with Gasteiger partial charge in [0.2, 0.25) is 0 Å². The zero-order valence-electron chi connectivity index (χ0n) is 13.3. The van der Waals surface area contributed by atoms with Crippen LogP contribution in [-0.4, -0.2) is 30.6 Å². The summed E-state index contributed by atoms with van der Waals surface area (Å²) in [6, 6.07) is 0.626. The minimum Gasteiger partial charge on any atom is -0.469 e. The first-order valence-electron chi connectivity index (χ1n) is 7.88. The summed E-state index contributed by atoms with van der Waals surface area (Å²) in [5, 5.41) is 3.06. The van der Waals surface area contributed by atoms with Crippen molar-refractivity contribution in [3.63, 3.8) is 0 Å². The molecule has 1 aromatic rings. The van der Waals surface area contributed by atoms with E-state index >= 15 is 0 Å². The maximum Gasteiger partial charge on any atom is 0.311 e. The second kappa shape index (κ2) is 7.78. The van der Waals surface area contributed by atoms with Gasteiger partial charge in [0, 0.05) is 18.0 Å². The van der Waals surface area contributed by atoms with E-state index in [-0.39, 0.29) is 12.4 Å². The van der Waals surface area contributed by atoms with Gasteiger partial charge in [-0.15, -0.1) is 11.3 Å². The average molecular weight is 310 g/mol. The molecule has 1 saturated carbocycles. The Hall–Kier alpha value is -1.10. The van der Waals surface area contributed by atoms with Crippen molar-refractivity contribution in [1.82, 2.24) is 4.98 Å². The van der Waals surface area contributed by atoms with E-state index < -0.39 is 0 Å². The third-order valence-corrected chi connectivity index (χ3v) is 4.98. The minimum atomic E-state index is -0.221. The number of hydrogen-bond acceptors (Lipinski definition) is 5. The fourth-order valence-corrected chi connectivity index (χ4v) is 3.70. The van der Waals surface area contributed by atoms with Gasteiger partial charge in [-0.05, 0) is 25.2 Å². The first kappa shape index (κ1) is 16.3. The highest BCUT2D eigenvalue weighted by Crippen LogP contribution is 2.31. The summed E-state index contributed by atoms with van der Waals surface area (Å²) < 4.78 is 4.71. The lowest BCUT2D eigenvalue weighted by molar-refractivity contribution is -0.139. The van der Waals surface area contributed by atoms with Crippen molar-refractivity contribution in [2.45, 2.75) is 58.4 Å². The Morgan fingerprint density at radius 1 is 1.48 bits per heavy atom. The third-order valence-electron chi connectivity index (χ3n) is 4.05. The number of ether oxygens (including phenoxy) is 1. The molecule has 0 aromatic carbocycles. The Morgan fingerprint density at radius 2 is 2.19 bits per heavy atom. The largest absolute Gasteiger partial charge is 0.469 e. The molecule has 0 saturated heterocycles. The van der Waals surface area contributed by atoms with Crippen LogP contribution in [-0.2, 0) is 16.0 Å². The van der Waals surface area contributed by atoms with E-state index in [0.717, 1.165) is 17.4 Å². The van der Waals surface area contributed by atoms with Gasteiger partial charge in [0.15, 0.2) is 5.13 Å². The van der Waals surface area contributed by atoms with Gasteiger partial charge in [0.1, 0.15) is 0 Å². The molecule has 5 heteroatoms. The Bertz CT molecular complexity index is 453. The lowest BCUT2D eigenvalue weighted by atomic mass is 10.1. The van der Waals surface area contributed by atoms with Gasteiger partial charge < -0.3 is 9.64 Å². The van der Waals surface area contributed by atoms with E-state index in [1.165, 1.54) is 39.2 Å². The van der Waals surface area contributed by atoms with E-state index in [4.69, 9.17) is 4.74 Å². The Morgan fingerprint density at radius 3 is 2.81 bits per heavy atom. The molecule has 21 heavy (non-hydrogen) atoms. The number of esters is 1. The number of hydrogen-bond donors (Lipinski definition) is 0. The van der Waals surface area contributed by atoms with Gasteiger partial charge in [0.25, 0.3) is 0 Å². The fraction of sp³-hybridized carbons (Fsp3) is 0.750.